The van der Waals surface area contributed by atoms with Crippen LogP contribution in [-0.4, -0.2) is 28.1 Å². The van der Waals surface area contributed by atoms with Gasteiger partial charge in [-0.05, 0) is 23.9 Å². The SMILES string of the molecule is CC(C)CNCc1cn(CCOCc2cccs2)nn1. The van der Waals surface area contributed by atoms with Gasteiger partial charge in [0.2, 0.25) is 0 Å². The molecule has 2 heterocycles. The molecule has 20 heavy (non-hydrogen) atoms. The molecule has 0 aliphatic heterocycles. The Hall–Kier alpha value is -1.24. The minimum atomic E-state index is 0.649. The highest BCUT2D eigenvalue weighted by molar-refractivity contribution is 7.09. The maximum absolute atomic E-state index is 5.61. The predicted octanol–water partition coefficient (Wildman–Crippen LogP) is 2.30. The maximum Gasteiger partial charge on any atom is 0.0964 e. The Morgan fingerprint density at radius 2 is 2.35 bits per heavy atom. The summed E-state index contributed by atoms with van der Waals surface area (Å²) in [6, 6.07) is 4.12. The van der Waals surface area contributed by atoms with Crippen molar-refractivity contribution in [2.45, 2.75) is 33.5 Å². The first-order valence-electron chi connectivity index (χ1n) is 6.94. The lowest BCUT2D eigenvalue weighted by Crippen LogP contribution is -2.19. The minimum Gasteiger partial charge on any atom is -0.374 e. The lowest BCUT2D eigenvalue weighted by Gasteiger charge is -2.04. The Morgan fingerprint density at radius 3 is 3.10 bits per heavy atom. The maximum atomic E-state index is 5.61. The van der Waals surface area contributed by atoms with E-state index in [9.17, 15) is 0 Å². The summed E-state index contributed by atoms with van der Waals surface area (Å²) in [7, 11) is 0. The third-order valence-electron chi connectivity index (χ3n) is 2.73. The summed E-state index contributed by atoms with van der Waals surface area (Å²) in [5.74, 6) is 0.649. The molecule has 0 aliphatic carbocycles. The van der Waals surface area contributed by atoms with Gasteiger partial charge >= 0.3 is 0 Å². The minimum absolute atomic E-state index is 0.649. The molecule has 0 fully saturated rings. The zero-order valence-electron chi connectivity index (χ0n) is 12.1. The first-order valence-corrected chi connectivity index (χ1v) is 7.82. The molecule has 110 valence electrons. The summed E-state index contributed by atoms with van der Waals surface area (Å²) < 4.78 is 7.44. The molecule has 2 aromatic rings. The van der Waals surface area contributed by atoms with Gasteiger partial charge in [0, 0.05) is 17.6 Å². The third-order valence-corrected chi connectivity index (χ3v) is 3.58. The molecular weight excluding hydrogens is 272 g/mol. The summed E-state index contributed by atoms with van der Waals surface area (Å²) in [6.45, 7) is 8.21. The zero-order chi connectivity index (χ0) is 14.2. The molecular formula is C14H22N4OS. The van der Waals surface area contributed by atoms with Gasteiger partial charge < -0.3 is 10.1 Å². The van der Waals surface area contributed by atoms with E-state index >= 15 is 0 Å². The van der Waals surface area contributed by atoms with Crippen molar-refractivity contribution in [3.05, 3.63) is 34.3 Å². The predicted molar refractivity (Wildman–Crippen MR) is 80.5 cm³/mol. The first-order chi connectivity index (χ1) is 9.74. The molecule has 0 unspecified atom stereocenters. The topological polar surface area (TPSA) is 52.0 Å². The van der Waals surface area contributed by atoms with Crippen LogP contribution in [-0.2, 0) is 24.4 Å². The first kappa shape index (κ1) is 15.2. The Balaban J connectivity index is 1.62. The number of rotatable bonds is 9. The van der Waals surface area contributed by atoms with Gasteiger partial charge in [0.25, 0.3) is 0 Å². The number of hydrogen-bond donors (Lipinski definition) is 1. The van der Waals surface area contributed by atoms with E-state index in [4.69, 9.17) is 4.74 Å². The molecule has 0 amide bonds. The standard InChI is InChI=1S/C14H22N4OS/c1-12(2)8-15-9-13-10-18(17-16-13)5-6-19-11-14-4-3-7-20-14/h3-4,7,10,12,15H,5-6,8-9,11H2,1-2H3. The van der Waals surface area contributed by atoms with Gasteiger partial charge in [0.1, 0.15) is 0 Å². The average Bonchev–Trinajstić information content (AvgIpc) is 3.05. The molecule has 2 rings (SSSR count). The largest absolute Gasteiger partial charge is 0.374 e. The number of aromatic nitrogens is 3. The fourth-order valence-corrected chi connectivity index (χ4v) is 2.38. The van der Waals surface area contributed by atoms with Crippen LogP contribution in [0.25, 0.3) is 0 Å². The van der Waals surface area contributed by atoms with Crippen molar-refractivity contribution in [2.75, 3.05) is 13.2 Å². The second-order valence-corrected chi connectivity index (χ2v) is 6.16. The monoisotopic (exact) mass is 294 g/mol. The second kappa shape index (κ2) is 8.14. The molecule has 0 atom stereocenters. The molecule has 0 radical (unpaired) electrons. The molecule has 6 heteroatoms. The van der Waals surface area contributed by atoms with Crippen molar-refractivity contribution in [2.24, 2.45) is 5.92 Å². The molecule has 0 saturated heterocycles. The highest BCUT2D eigenvalue weighted by Gasteiger charge is 2.01. The van der Waals surface area contributed by atoms with E-state index in [1.54, 1.807) is 11.3 Å². The molecule has 0 saturated carbocycles. The number of nitrogens with zero attached hydrogens (tertiary/aromatic N) is 3. The normalized spacial score (nSPS) is 11.3. The molecule has 0 aromatic carbocycles. The van der Waals surface area contributed by atoms with Crippen LogP contribution in [0.2, 0.25) is 0 Å². The Kier molecular flexibility index (Phi) is 6.17. The molecule has 0 bridgehead atoms. The van der Waals surface area contributed by atoms with Gasteiger partial charge in [-0.25, -0.2) is 4.68 Å². The van der Waals surface area contributed by atoms with Crippen LogP contribution in [0.4, 0.5) is 0 Å². The fraction of sp³-hybridized carbons (Fsp3) is 0.571. The third kappa shape index (κ3) is 5.40. The summed E-state index contributed by atoms with van der Waals surface area (Å²) >= 11 is 1.72. The van der Waals surface area contributed by atoms with E-state index in [0.29, 0.717) is 19.1 Å². The van der Waals surface area contributed by atoms with Gasteiger partial charge in [0.15, 0.2) is 0 Å². The van der Waals surface area contributed by atoms with Crippen LogP contribution in [0, 0.1) is 5.92 Å². The smallest absolute Gasteiger partial charge is 0.0964 e. The molecule has 2 aromatic heterocycles. The van der Waals surface area contributed by atoms with Crippen molar-refractivity contribution >= 4 is 11.3 Å². The number of nitrogens with one attached hydrogen (secondary N) is 1. The quantitative estimate of drug-likeness (QED) is 0.721. The highest BCUT2D eigenvalue weighted by Crippen LogP contribution is 2.09. The average molecular weight is 294 g/mol. The van der Waals surface area contributed by atoms with E-state index in [1.807, 2.05) is 16.9 Å². The Morgan fingerprint density at radius 1 is 1.45 bits per heavy atom. The van der Waals surface area contributed by atoms with E-state index in [0.717, 1.165) is 25.3 Å². The van der Waals surface area contributed by atoms with Crippen LogP contribution in [0.5, 0.6) is 0 Å². The highest BCUT2D eigenvalue weighted by atomic mass is 32.1. The van der Waals surface area contributed by atoms with Crippen molar-refractivity contribution in [3.63, 3.8) is 0 Å². The van der Waals surface area contributed by atoms with Gasteiger partial charge in [-0.1, -0.05) is 25.1 Å². The van der Waals surface area contributed by atoms with E-state index in [1.165, 1.54) is 4.88 Å². The van der Waals surface area contributed by atoms with Crippen molar-refractivity contribution < 1.29 is 4.74 Å². The lowest BCUT2D eigenvalue weighted by atomic mass is 10.2. The lowest BCUT2D eigenvalue weighted by molar-refractivity contribution is 0.112. The number of thiophene rings is 1. The zero-order valence-corrected chi connectivity index (χ0v) is 12.9. The number of ether oxygens (including phenoxy) is 1. The van der Waals surface area contributed by atoms with E-state index < -0.39 is 0 Å². The second-order valence-electron chi connectivity index (χ2n) is 5.13. The van der Waals surface area contributed by atoms with Crippen LogP contribution in [0.3, 0.4) is 0 Å². The van der Waals surface area contributed by atoms with E-state index in [-0.39, 0.29) is 0 Å². The Labute approximate surface area is 124 Å². The van der Waals surface area contributed by atoms with Crippen LogP contribution in [0.1, 0.15) is 24.4 Å². The van der Waals surface area contributed by atoms with Gasteiger partial charge in [-0.15, -0.1) is 16.4 Å². The molecule has 5 nitrogen and oxygen atoms in total. The van der Waals surface area contributed by atoms with Gasteiger partial charge in [-0.2, -0.15) is 0 Å². The Bertz CT molecular complexity index is 481. The number of hydrogen-bond acceptors (Lipinski definition) is 5. The summed E-state index contributed by atoms with van der Waals surface area (Å²) in [5.41, 5.74) is 0.976. The summed E-state index contributed by atoms with van der Waals surface area (Å²) in [5, 5.41) is 13.7. The van der Waals surface area contributed by atoms with Crippen molar-refractivity contribution in [1.82, 2.24) is 20.3 Å². The van der Waals surface area contributed by atoms with Crippen LogP contribution >= 0.6 is 11.3 Å². The summed E-state index contributed by atoms with van der Waals surface area (Å²) in [4.78, 5) is 1.25. The summed E-state index contributed by atoms with van der Waals surface area (Å²) in [6.07, 6.45) is 1.97. The van der Waals surface area contributed by atoms with E-state index in [2.05, 4.69) is 40.9 Å². The fourth-order valence-electron chi connectivity index (χ4n) is 1.74. The van der Waals surface area contributed by atoms with Gasteiger partial charge in [-0.3, -0.25) is 0 Å². The molecule has 0 spiro atoms. The van der Waals surface area contributed by atoms with Crippen molar-refractivity contribution in [3.8, 4) is 0 Å². The molecule has 1 N–H and O–H groups in total. The van der Waals surface area contributed by atoms with Crippen LogP contribution < -0.4 is 5.32 Å². The van der Waals surface area contributed by atoms with Gasteiger partial charge in [0.05, 0.1) is 25.5 Å². The van der Waals surface area contributed by atoms with Crippen molar-refractivity contribution in [1.29, 1.82) is 0 Å². The molecule has 0 aliphatic rings. The van der Waals surface area contributed by atoms with Crippen LogP contribution in [0.15, 0.2) is 23.7 Å².